The molecule has 1 fully saturated rings. The molecule has 1 aliphatic rings. The molecule has 2 heterocycles. The van der Waals surface area contributed by atoms with E-state index in [1.54, 1.807) is 4.90 Å². The van der Waals surface area contributed by atoms with Crippen molar-refractivity contribution in [3.05, 3.63) is 30.6 Å². The van der Waals surface area contributed by atoms with Crippen LogP contribution < -0.4 is 0 Å². The summed E-state index contributed by atoms with van der Waals surface area (Å²) in [6, 6.07) is 7.73. The highest BCUT2D eigenvalue weighted by Gasteiger charge is 2.29. The number of thioether (sulfide) groups is 2. The summed E-state index contributed by atoms with van der Waals surface area (Å²) in [7, 11) is 1.37. The van der Waals surface area contributed by atoms with Gasteiger partial charge in [0.2, 0.25) is 5.91 Å². The minimum atomic E-state index is -0.294. The Morgan fingerprint density at radius 2 is 2.21 bits per heavy atom. The number of hydrogen-bond acceptors (Lipinski definition) is 7. The maximum atomic E-state index is 12.5. The molecule has 24 heavy (non-hydrogen) atoms. The van der Waals surface area contributed by atoms with Crippen molar-refractivity contribution in [1.82, 2.24) is 14.9 Å². The number of amides is 1. The number of methoxy groups -OCH3 is 1. The molecular weight excluding hydrogens is 346 g/mol. The topological polar surface area (TPSA) is 72.4 Å². The monoisotopic (exact) mass is 363 g/mol. The molecule has 6 nitrogen and oxygen atoms in total. The zero-order chi connectivity index (χ0) is 16.9. The lowest BCUT2D eigenvalue weighted by molar-refractivity contribution is -0.141. The second-order valence-electron chi connectivity index (χ2n) is 5.21. The third kappa shape index (κ3) is 3.81. The van der Waals surface area contributed by atoms with Crippen molar-refractivity contribution in [2.75, 3.05) is 31.7 Å². The Bertz CT molecular complexity index is 751. The Kier molecular flexibility index (Phi) is 5.57. The van der Waals surface area contributed by atoms with Crippen molar-refractivity contribution in [3.63, 3.8) is 0 Å². The quantitative estimate of drug-likeness (QED) is 0.466. The zero-order valence-corrected chi connectivity index (χ0v) is 14.8. The van der Waals surface area contributed by atoms with Crippen LogP contribution >= 0.6 is 23.5 Å². The van der Waals surface area contributed by atoms with Crippen LogP contribution in [0.4, 0.5) is 0 Å². The molecule has 126 valence electrons. The predicted molar refractivity (Wildman–Crippen MR) is 95.1 cm³/mol. The molecule has 0 bridgehead atoms. The van der Waals surface area contributed by atoms with Gasteiger partial charge in [-0.2, -0.15) is 0 Å². The van der Waals surface area contributed by atoms with Crippen molar-refractivity contribution < 1.29 is 14.3 Å². The lowest BCUT2D eigenvalue weighted by atomic mass is 10.2. The molecule has 0 spiro atoms. The van der Waals surface area contributed by atoms with Crippen LogP contribution in [0.5, 0.6) is 0 Å². The first-order valence-electron chi connectivity index (χ1n) is 7.49. The molecule has 0 aliphatic carbocycles. The van der Waals surface area contributed by atoms with Crippen LogP contribution in [0.2, 0.25) is 0 Å². The number of nitrogens with zero attached hydrogens (tertiary/aromatic N) is 3. The fourth-order valence-corrected chi connectivity index (χ4v) is 4.49. The second-order valence-corrected chi connectivity index (χ2v) is 7.48. The van der Waals surface area contributed by atoms with Crippen LogP contribution in [0.25, 0.3) is 10.9 Å². The van der Waals surface area contributed by atoms with E-state index in [1.807, 2.05) is 24.3 Å². The van der Waals surface area contributed by atoms with Crippen LogP contribution in [0.15, 0.2) is 35.6 Å². The van der Waals surface area contributed by atoms with E-state index < -0.39 is 0 Å². The highest BCUT2D eigenvalue weighted by molar-refractivity contribution is 8.00. The van der Waals surface area contributed by atoms with Gasteiger partial charge in [0, 0.05) is 24.2 Å². The van der Waals surface area contributed by atoms with Gasteiger partial charge in [-0.15, -0.1) is 11.8 Å². The minimum Gasteiger partial charge on any atom is -0.468 e. The van der Waals surface area contributed by atoms with Gasteiger partial charge in [0.25, 0.3) is 0 Å². The first-order chi connectivity index (χ1) is 11.7. The van der Waals surface area contributed by atoms with Gasteiger partial charge in [0.1, 0.15) is 16.6 Å². The summed E-state index contributed by atoms with van der Waals surface area (Å²) in [4.78, 5) is 34.4. The SMILES string of the molecule is COC(=O)[C@@H]1CN(C(=O)CSc2ncnc3ccccc23)CCS1. The largest absolute Gasteiger partial charge is 0.468 e. The normalized spacial score (nSPS) is 17.7. The number of fused-ring (bicyclic) bond motifs is 1. The summed E-state index contributed by atoms with van der Waals surface area (Å²) < 4.78 is 4.78. The average molecular weight is 363 g/mol. The van der Waals surface area contributed by atoms with E-state index in [9.17, 15) is 9.59 Å². The maximum absolute atomic E-state index is 12.5. The summed E-state index contributed by atoms with van der Waals surface area (Å²) in [5.74, 6) is 0.774. The second kappa shape index (κ2) is 7.85. The Morgan fingerprint density at radius 1 is 1.38 bits per heavy atom. The standard InChI is InChI=1S/C16H17N3O3S2/c1-22-16(21)13-8-19(6-7-23-13)14(20)9-24-15-11-4-2-3-5-12(11)17-10-18-15/h2-5,10,13H,6-9H2,1H3/t13-/m0/s1. The molecule has 1 aliphatic heterocycles. The van der Waals surface area contributed by atoms with Crippen molar-refractivity contribution in [1.29, 1.82) is 0 Å². The minimum absolute atomic E-state index is 0.0110. The highest BCUT2D eigenvalue weighted by atomic mass is 32.2. The number of carbonyl (C=O) groups excluding carboxylic acids is 2. The van der Waals surface area contributed by atoms with Crippen LogP contribution in [-0.2, 0) is 14.3 Å². The number of benzene rings is 1. The van der Waals surface area contributed by atoms with Crippen molar-refractivity contribution in [2.45, 2.75) is 10.3 Å². The van der Waals surface area contributed by atoms with Crippen LogP contribution in [-0.4, -0.2) is 63.7 Å². The summed E-state index contributed by atoms with van der Waals surface area (Å²) in [5.41, 5.74) is 0.863. The lowest BCUT2D eigenvalue weighted by Crippen LogP contribution is -2.45. The summed E-state index contributed by atoms with van der Waals surface area (Å²) in [6.45, 7) is 1.06. The van der Waals surface area contributed by atoms with Gasteiger partial charge in [-0.3, -0.25) is 9.59 Å². The van der Waals surface area contributed by atoms with Gasteiger partial charge in [-0.05, 0) is 6.07 Å². The number of hydrogen-bond donors (Lipinski definition) is 0. The summed E-state index contributed by atoms with van der Waals surface area (Å²) >= 11 is 2.94. The van der Waals surface area contributed by atoms with E-state index in [1.165, 1.54) is 37.0 Å². The molecule has 0 N–H and O–H groups in total. The van der Waals surface area contributed by atoms with Crippen LogP contribution in [0.1, 0.15) is 0 Å². The van der Waals surface area contributed by atoms with Crippen LogP contribution in [0.3, 0.4) is 0 Å². The first kappa shape index (κ1) is 17.0. The molecule has 0 saturated carbocycles. The van der Waals surface area contributed by atoms with Crippen molar-refractivity contribution in [2.24, 2.45) is 0 Å². The smallest absolute Gasteiger partial charge is 0.320 e. The number of esters is 1. The molecule has 1 aromatic heterocycles. The van der Waals surface area contributed by atoms with E-state index in [0.717, 1.165) is 21.7 Å². The number of aromatic nitrogens is 2. The van der Waals surface area contributed by atoms with Gasteiger partial charge < -0.3 is 9.64 Å². The number of ether oxygens (including phenoxy) is 1. The van der Waals surface area contributed by atoms with Gasteiger partial charge >= 0.3 is 5.97 Å². The van der Waals surface area contributed by atoms with E-state index >= 15 is 0 Å². The van der Waals surface area contributed by atoms with Gasteiger partial charge in [0.05, 0.1) is 18.4 Å². The van der Waals surface area contributed by atoms with Crippen molar-refractivity contribution >= 4 is 46.3 Å². The van der Waals surface area contributed by atoms with E-state index in [-0.39, 0.29) is 17.1 Å². The molecule has 2 aromatic rings. The Morgan fingerprint density at radius 3 is 3.04 bits per heavy atom. The number of carbonyl (C=O) groups is 2. The molecule has 8 heteroatoms. The summed E-state index contributed by atoms with van der Waals surface area (Å²) in [6.07, 6.45) is 1.51. The average Bonchev–Trinajstić information content (AvgIpc) is 2.65. The van der Waals surface area contributed by atoms with Gasteiger partial charge in [-0.1, -0.05) is 30.0 Å². The third-order valence-corrected chi connectivity index (χ3v) is 5.87. The van der Waals surface area contributed by atoms with Gasteiger partial charge in [-0.25, -0.2) is 9.97 Å². The Hall–Kier alpha value is -1.80. The molecule has 0 radical (unpaired) electrons. The Labute approximate surface area is 148 Å². The first-order valence-corrected chi connectivity index (χ1v) is 9.52. The molecule has 0 unspecified atom stereocenters. The molecular formula is C16H17N3O3S2. The van der Waals surface area contributed by atoms with E-state index in [0.29, 0.717) is 18.8 Å². The fraction of sp³-hybridized carbons (Fsp3) is 0.375. The van der Waals surface area contributed by atoms with Crippen LogP contribution in [0, 0.1) is 0 Å². The lowest BCUT2D eigenvalue weighted by Gasteiger charge is -2.30. The fourth-order valence-electron chi connectivity index (χ4n) is 2.47. The molecule has 3 rings (SSSR count). The molecule has 1 saturated heterocycles. The number of rotatable bonds is 4. The third-order valence-electron chi connectivity index (χ3n) is 3.72. The molecule has 1 atom stereocenters. The molecule has 1 amide bonds. The number of para-hydroxylation sites is 1. The summed E-state index contributed by atoms with van der Waals surface area (Å²) in [5, 5.41) is 1.45. The zero-order valence-electron chi connectivity index (χ0n) is 13.2. The molecule has 1 aromatic carbocycles. The highest BCUT2D eigenvalue weighted by Crippen LogP contribution is 2.25. The van der Waals surface area contributed by atoms with Crippen molar-refractivity contribution in [3.8, 4) is 0 Å². The van der Waals surface area contributed by atoms with Gasteiger partial charge in [0.15, 0.2) is 0 Å². The Balaban J connectivity index is 1.63. The van der Waals surface area contributed by atoms with E-state index in [2.05, 4.69) is 9.97 Å². The maximum Gasteiger partial charge on any atom is 0.320 e. The van der Waals surface area contributed by atoms with E-state index in [4.69, 9.17) is 4.74 Å². The predicted octanol–water partition coefficient (Wildman–Crippen LogP) is 1.84.